The van der Waals surface area contributed by atoms with Crippen LogP contribution in [0, 0.1) is 6.92 Å². The van der Waals surface area contributed by atoms with Crippen molar-refractivity contribution < 1.29 is 36.3 Å². The van der Waals surface area contributed by atoms with Gasteiger partial charge in [-0.3, -0.25) is 9.79 Å². The van der Waals surface area contributed by atoms with Gasteiger partial charge in [-0.2, -0.15) is 13.2 Å². The predicted molar refractivity (Wildman–Crippen MR) is 133 cm³/mol. The lowest BCUT2D eigenvalue weighted by molar-refractivity contribution is -0.192. The summed E-state index contributed by atoms with van der Waals surface area (Å²) >= 11 is 0. The van der Waals surface area contributed by atoms with Crippen LogP contribution in [-0.2, 0) is 27.8 Å². The number of aryl methyl sites for hydroxylation is 1. The van der Waals surface area contributed by atoms with E-state index in [-0.39, 0.29) is 16.4 Å². The molecule has 0 spiro atoms. The van der Waals surface area contributed by atoms with Crippen molar-refractivity contribution in [2.75, 3.05) is 6.54 Å². The molecule has 0 saturated heterocycles. The first-order chi connectivity index (χ1) is 17.9. The molecule has 2 aromatic carbocycles. The van der Waals surface area contributed by atoms with Crippen LogP contribution in [0.25, 0.3) is 0 Å². The van der Waals surface area contributed by atoms with Gasteiger partial charge in [-0.15, -0.1) is 0 Å². The molecule has 1 aliphatic carbocycles. The Balaban J connectivity index is 0.000000426. The molecule has 0 atom stereocenters. The average Bonchev–Trinajstić information content (AvgIpc) is 3.28. The molecule has 0 bridgehead atoms. The van der Waals surface area contributed by atoms with Crippen molar-refractivity contribution in [3.05, 3.63) is 101 Å². The van der Waals surface area contributed by atoms with Gasteiger partial charge in [-0.25, -0.2) is 17.2 Å². The van der Waals surface area contributed by atoms with E-state index in [0.29, 0.717) is 36.5 Å². The van der Waals surface area contributed by atoms with Crippen LogP contribution in [0.3, 0.4) is 0 Å². The molecule has 3 aromatic rings. The number of carboxylic acid groups (broad SMARTS) is 1. The maximum absolute atomic E-state index is 13.4. The number of aliphatic imine (C=N–C) groups is 1. The van der Waals surface area contributed by atoms with E-state index < -0.39 is 22.2 Å². The molecule has 0 saturated carbocycles. The molecule has 0 unspecified atom stereocenters. The number of Topliss-reactive ketones (excluding diaryl/α,β-unsaturated/α-hetero) is 1. The number of carbonyl (C=O) groups is 2. The van der Waals surface area contributed by atoms with Crippen molar-refractivity contribution in [1.82, 2.24) is 9.29 Å². The van der Waals surface area contributed by atoms with E-state index in [1.807, 2.05) is 37.3 Å². The second kappa shape index (κ2) is 10.3. The number of alkyl halides is 3. The van der Waals surface area contributed by atoms with Gasteiger partial charge in [0.15, 0.2) is 0 Å². The zero-order valence-electron chi connectivity index (χ0n) is 20.0. The number of allylic oxidation sites excluding steroid dienone is 2. The highest BCUT2D eigenvalue weighted by Crippen LogP contribution is 2.32. The molecule has 8 nitrogen and oxygen atoms in total. The minimum Gasteiger partial charge on any atom is -0.475 e. The summed E-state index contributed by atoms with van der Waals surface area (Å²) in [4.78, 5) is 27.0. The first-order valence-corrected chi connectivity index (χ1v) is 12.8. The Morgan fingerprint density at radius 1 is 1.11 bits per heavy atom. The van der Waals surface area contributed by atoms with Crippen LogP contribution in [0.15, 0.2) is 82.5 Å². The predicted octanol–water partition coefficient (Wildman–Crippen LogP) is 3.88. The lowest BCUT2D eigenvalue weighted by atomic mass is 9.92. The zero-order chi connectivity index (χ0) is 27.7. The van der Waals surface area contributed by atoms with Crippen LogP contribution in [0.5, 0.6) is 0 Å². The topological polar surface area (TPSA) is 118 Å². The van der Waals surface area contributed by atoms with Gasteiger partial charge in [0.25, 0.3) is 10.0 Å². The van der Waals surface area contributed by atoms with Crippen molar-refractivity contribution in [2.45, 2.75) is 31.0 Å². The van der Waals surface area contributed by atoms with E-state index in [4.69, 9.17) is 9.90 Å². The average molecular weight is 546 g/mol. The Hall–Kier alpha value is -4.19. The van der Waals surface area contributed by atoms with Gasteiger partial charge in [0.05, 0.1) is 16.3 Å². The molecular formula is C26H22F3N3O5S. The first kappa shape index (κ1) is 26.9. The third-order valence-electron chi connectivity index (χ3n) is 5.86. The quantitative estimate of drug-likeness (QED) is 0.503. The van der Waals surface area contributed by atoms with Crippen LogP contribution >= 0.6 is 0 Å². The summed E-state index contributed by atoms with van der Waals surface area (Å²) in [6, 6.07) is 16.4. The van der Waals surface area contributed by atoms with Crippen LogP contribution in [-0.4, -0.2) is 47.7 Å². The number of nitrogens with zero attached hydrogens (tertiary/aromatic N) is 2. The number of rotatable bonds is 5. The van der Waals surface area contributed by atoms with Gasteiger partial charge in [0.1, 0.15) is 5.69 Å². The van der Waals surface area contributed by atoms with Gasteiger partial charge in [-0.05, 0) is 42.7 Å². The lowest BCUT2D eigenvalue weighted by Gasteiger charge is -2.21. The van der Waals surface area contributed by atoms with Crippen molar-refractivity contribution in [2.24, 2.45) is 4.99 Å². The monoisotopic (exact) mass is 545 g/mol. The molecule has 38 heavy (non-hydrogen) atoms. The number of halogens is 3. The number of aromatic nitrogens is 1. The summed E-state index contributed by atoms with van der Waals surface area (Å²) in [5.41, 5.74) is 4.63. The van der Waals surface area contributed by atoms with Gasteiger partial charge in [0.2, 0.25) is 5.78 Å². The highest BCUT2D eigenvalue weighted by Gasteiger charge is 2.38. The lowest BCUT2D eigenvalue weighted by Crippen LogP contribution is -2.30. The first-order valence-electron chi connectivity index (χ1n) is 11.3. The second-order valence-electron chi connectivity index (χ2n) is 8.54. The minimum absolute atomic E-state index is 0.154. The number of carbonyl (C=O) groups excluding carboxylic acids is 1. The third kappa shape index (κ3) is 5.40. The van der Waals surface area contributed by atoms with Crippen LogP contribution < -0.4 is 5.32 Å². The van der Waals surface area contributed by atoms with Gasteiger partial charge in [0, 0.05) is 24.8 Å². The summed E-state index contributed by atoms with van der Waals surface area (Å²) in [6.45, 7) is 2.92. The van der Waals surface area contributed by atoms with Crippen LogP contribution in [0.1, 0.15) is 32.7 Å². The van der Waals surface area contributed by atoms with E-state index in [1.54, 1.807) is 36.5 Å². The highest BCUT2D eigenvalue weighted by molar-refractivity contribution is 7.90. The fourth-order valence-electron chi connectivity index (χ4n) is 3.98. The Bertz CT molecular complexity index is 1560. The van der Waals surface area contributed by atoms with E-state index in [1.165, 1.54) is 0 Å². The maximum atomic E-state index is 13.4. The molecule has 0 fully saturated rings. The van der Waals surface area contributed by atoms with Gasteiger partial charge in [-0.1, -0.05) is 48.0 Å². The van der Waals surface area contributed by atoms with Crippen molar-refractivity contribution in [3.8, 4) is 0 Å². The number of carboxylic acids is 1. The van der Waals surface area contributed by atoms with Crippen LogP contribution in [0.2, 0.25) is 0 Å². The molecule has 2 N–H and O–H groups in total. The van der Waals surface area contributed by atoms with E-state index in [0.717, 1.165) is 20.7 Å². The fraction of sp³-hybridized carbons (Fsp3) is 0.192. The summed E-state index contributed by atoms with van der Waals surface area (Å²) in [5.74, 6) is -3.10. The number of nitrogens with one attached hydrogen (secondary N) is 1. The summed E-state index contributed by atoms with van der Waals surface area (Å²) in [5, 5.41) is 10.3. The Morgan fingerprint density at radius 3 is 2.34 bits per heavy atom. The van der Waals surface area contributed by atoms with Crippen molar-refractivity contribution in [3.63, 3.8) is 0 Å². The third-order valence-corrected chi connectivity index (χ3v) is 7.53. The van der Waals surface area contributed by atoms with Gasteiger partial charge < -0.3 is 10.4 Å². The molecule has 2 heterocycles. The highest BCUT2D eigenvalue weighted by atomic mass is 32.2. The zero-order valence-corrected chi connectivity index (χ0v) is 20.8. The van der Waals surface area contributed by atoms with E-state index in [9.17, 15) is 26.4 Å². The maximum Gasteiger partial charge on any atom is 0.490 e. The number of hydrogen-bond acceptors (Lipinski definition) is 6. The standard InChI is InChI=1S/C24H21N3O3S.C2HF3O2/c1-16-7-9-19(10-8-16)31(29,30)27-15-18-11-12-25-20-13-21(24(28)23(27)22(18)20)26-14-17-5-3-2-4-6-17;3-2(4,5)1(6)7/h2-10,13,15,26H,11-12,14H2,1H3;(H,6,7). The molecular weight excluding hydrogens is 523 g/mol. The normalized spacial score (nSPS) is 14.5. The fourth-order valence-corrected chi connectivity index (χ4v) is 5.37. The number of aliphatic carboxylic acids is 1. The largest absolute Gasteiger partial charge is 0.490 e. The smallest absolute Gasteiger partial charge is 0.475 e. The van der Waals surface area contributed by atoms with Crippen molar-refractivity contribution in [1.29, 1.82) is 0 Å². The summed E-state index contributed by atoms with van der Waals surface area (Å²) < 4.78 is 59.7. The molecule has 1 aliphatic heterocycles. The summed E-state index contributed by atoms with van der Waals surface area (Å²) in [6.07, 6.45) is -1.16. The summed E-state index contributed by atoms with van der Waals surface area (Å²) in [7, 11) is -3.92. The molecule has 0 radical (unpaired) electrons. The molecule has 198 valence electrons. The van der Waals surface area contributed by atoms with Crippen molar-refractivity contribution >= 4 is 27.5 Å². The van der Waals surface area contributed by atoms with E-state index in [2.05, 4.69) is 10.3 Å². The Labute approximate surface area is 216 Å². The molecule has 2 aliphatic rings. The number of ketones is 1. The molecule has 5 rings (SSSR count). The molecule has 1 aromatic heterocycles. The Morgan fingerprint density at radius 2 is 1.74 bits per heavy atom. The number of benzene rings is 2. The number of hydrogen-bond donors (Lipinski definition) is 2. The Kier molecular flexibility index (Phi) is 7.27. The van der Waals surface area contributed by atoms with E-state index >= 15 is 0 Å². The second-order valence-corrected chi connectivity index (χ2v) is 10.4. The van der Waals surface area contributed by atoms with Crippen LogP contribution in [0.4, 0.5) is 13.2 Å². The minimum atomic E-state index is -5.08. The molecule has 12 heteroatoms. The molecule has 0 amide bonds. The SMILES string of the molecule is Cc1ccc(S(=O)(=O)n2cc3c4c2C(=O)C(NCc2ccccc2)=CC4=NCC3)cc1.O=C(O)C(F)(F)F. The van der Waals surface area contributed by atoms with Gasteiger partial charge >= 0.3 is 12.1 Å².